The van der Waals surface area contributed by atoms with Gasteiger partial charge in [0.05, 0.1) is 6.61 Å². The third-order valence-corrected chi connectivity index (χ3v) is 3.69. The normalized spacial score (nSPS) is 30.7. The lowest BCUT2D eigenvalue weighted by atomic mass is 9.99. The van der Waals surface area contributed by atoms with Crippen LogP contribution in [0.5, 0.6) is 5.75 Å². The fraction of sp³-hybridized carbons (Fsp3) is 0.533. The van der Waals surface area contributed by atoms with Crippen LogP contribution in [0, 0.1) is 6.92 Å². The van der Waals surface area contributed by atoms with Crippen molar-refractivity contribution in [2.75, 3.05) is 13.7 Å². The van der Waals surface area contributed by atoms with Gasteiger partial charge in [-0.1, -0.05) is 17.7 Å². The van der Waals surface area contributed by atoms with Crippen molar-refractivity contribution in [3.63, 3.8) is 0 Å². The van der Waals surface area contributed by atoms with E-state index in [1.807, 2.05) is 19.1 Å². The van der Waals surface area contributed by atoms with Crippen molar-refractivity contribution < 1.29 is 34.3 Å². The summed E-state index contributed by atoms with van der Waals surface area (Å²) in [7, 11) is 1.33. The minimum Gasteiger partial charge on any atom is -0.447 e. The van der Waals surface area contributed by atoms with Crippen molar-refractivity contribution >= 4 is 17.5 Å². The van der Waals surface area contributed by atoms with Crippen molar-refractivity contribution in [1.29, 1.82) is 0 Å². The highest BCUT2D eigenvalue weighted by atomic mass is 32.1. The van der Waals surface area contributed by atoms with E-state index in [0.29, 0.717) is 5.75 Å². The lowest BCUT2D eigenvalue weighted by Crippen LogP contribution is -2.60. The molecule has 5 atom stereocenters. The van der Waals surface area contributed by atoms with E-state index >= 15 is 0 Å². The zero-order valence-electron chi connectivity index (χ0n) is 12.8. The van der Waals surface area contributed by atoms with E-state index in [1.165, 1.54) is 7.11 Å². The molecule has 0 amide bonds. The molecule has 1 aromatic carbocycles. The van der Waals surface area contributed by atoms with E-state index in [1.54, 1.807) is 12.1 Å². The minimum absolute atomic E-state index is 0.259. The Labute approximate surface area is 139 Å². The highest BCUT2D eigenvalue weighted by Gasteiger charge is 2.46. The Morgan fingerprint density at radius 1 is 1.22 bits per heavy atom. The largest absolute Gasteiger partial charge is 0.447 e. The summed E-state index contributed by atoms with van der Waals surface area (Å²) in [4.78, 5) is 0. The molecule has 1 heterocycles. The van der Waals surface area contributed by atoms with E-state index < -0.39 is 37.3 Å². The van der Waals surface area contributed by atoms with E-state index in [-0.39, 0.29) is 5.24 Å². The Bertz CT molecular complexity index is 505. The molecule has 0 bridgehead atoms. The molecule has 0 unspecified atom stereocenters. The fourth-order valence-corrected chi connectivity index (χ4v) is 2.43. The molecule has 1 saturated heterocycles. The van der Waals surface area contributed by atoms with E-state index in [4.69, 9.17) is 31.2 Å². The van der Waals surface area contributed by atoms with Gasteiger partial charge in [-0.2, -0.15) is 0 Å². The maximum absolute atomic E-state index is 10.1. The predicted octanol–water partition coefficient (Wildman–Crippen LogP) is 0.129. The zero-order chi connectivity index (χ0) is 17.0. The number of ether oxygens (including phenoxy) is 4. The van der Waals surface area contributed by atoms with Gasteiger partial charge in [0.2, 0.25) is 0 Å². The molecule has 0 saturated carbocycles. The highest BCUT2D eigenvalue weighted by molar-refractivity contribution is 7.79. The van der Waals surface area contributed by atoms with Gasteiger partial charge in [0.1, 0.15) is 24.1 Å². The van der Waals surface area contributed by atoms with Gasteiger partial charge in [-0.3, -0.25) is 0 Å². The van der Waals surface area contributed by atoms with Crippen LogP contribution in [-0.4, -0.2) is 65.0 Å². The van der Waals surface area contributed by atoms with Crippen LogP contribution in [0.4, 0.5) is 0 Å². The van der Waals surface area contributed by atoms with Crippen LogP contribution in [0.25, 0.3) is 0 Å². The summed E-state index contributed by atoms with van der Waals surface area (Å²) in [6.45, 7) is 1.48. The molecular weight excluding hydrogens is 324 g/mol. The summed E-state index contributed by atoms with van der Waals surface area (Å²) < 4.78 is 20.9. The molecule has 7 nitrogen and oxygen atoms in total. The molecular formula is C15H20O7S. The standard InChI is InChI=1S/C15H20O7S/c1-8-3-5-9(6-4-8)20-15(23)22-13-11(17)10(7-16)21-14(19-2)12(13)18/h3-6,10-14,16-18H,7H2,1-2H3/t10-,11+,12-,13+,14+/m1/s1. The predicted molar refractivity (Wildman–Crippen MR) is 84.0 cm³/mol. The first-order valence-electron chi connectivity index (χ1n) is 7.06. The monoisotopic (exact) mass is 344 g/mol. The topological polar surface area (TPSA) is 97.6 Å². The number of aliphatic hydroxyl groups is 3. The number of benzene rings is 1. The van der Waals surface area contributed by atoms with Crippen molar-refractivity contribution in [3.8, 4) is 5.75 Å². The second kappa shape index (κ2) is 8.00. The van der Waals surface area contributed by atoms with Gasteiger partial charge in [-0.15, -0.1) is 0 Å². The number of rotatable bonds is 4. The summed E-state index contributed by atoms with van der Waals surface area (Å²) in [5.41, 5.74) is 1.06. The van der Waals surface area contributed by atoms with Crippen LogP contribution < -0.4 is 4.74 Å². The van der Waals surface area contributed by atoms with Gasteiger partial charge in [0.15, 0.2) is 12.4 Å². The summed E-state index contributed by atoms with van der Waals surface area (Å²) >= 11 is 4.99. The fourth-order valence-electron chi connectivity index (χ4n) is 2.22. The van der Waals surface area contributed by atoms with Crippen molar-refractivity contribution in [1.82, 2.24) is 0 Å². The molecule has 0 aromatic heterocycles. The molecule has 2 rings (SSSR count). The molecule has 0 aliphatic carbocycles. The number of hydrogen-bond acceptors (Lipinski definition) is 8. The van der Waals surface area contributed by atoms with Crippen LogP contribution in [0.15, 0.2) is 24.3 Å². The van der Waals surface area contributed by atoms with Gasteiger partial charge in [-0.25, -0.2) is 0 Å². The Balaban J connectivity index is 2.03. The second-order valence-electron chi connectivity index (χ2n) is 5.19. The van der Waals surface area contributed by atoms with Crippen LogP contribution in [0.3, 0.4) is 0 Å². The molecule has 0 spiro atoms. The number of hydrogen-bond donors (Lipinski definition) is 3. The van der Waals surface area contributed by atoms with Gasteiger partial charge < -0.3 is 34.3 Å². The van der Waals surface area contributed by atoms with Crippen LogP contribution in [0.1, 0.15) is 5.56 Å². The summed E-state index contributed by atoms with van der Waals surface area (Å²) in [6.07, 6.45) is -5.75. The van der Waals surface area contributed by atoms with Gasteiger partial charge in [0.25, 0.3) is 0 Å². The van der Waals surface area contributed by atoms with Crippen LogP contribution in [0.2, 0.25) is 0 Å². The summed E-state index contributed by atoms with van der Waals surface area (Å²) in [5.74, 6) is 0.471. The molecule has 23 heavy (non-hydrogen) atoms. The SMILES string of the molecule is CO[C@H]1O[C@H](CO)[C@H](O)[C@H](OC(=S)Oc2ccc(C)cc2)[C@H]1O. The van der Waals surface area contributed by atoms with Crippen LogP contribution in [-0.2, 0) is 14.2 Å². The molecule has 1 fully saturated rings. The first-order chi connectivity index (χ1) is 11.0. The highest BCUT2D eigenvalue weighted by Crippen LogP contribution is 2.24. The Morgan fingerprint density at radius 2 is 1.87 bits per heavy atom. The van der Waals surface area contributed by atoms with Gasteiger partial charge >= 0.3 is 5.24 Å². The molecule has 8 heteroatoms. The van der Waals surface area contributed by atoms with E-state index in [2.05, 4.69) is 0 Å². The third kappa shape index (κ3) is 4.37. The Morgan fingerprint density at radius 3 is 2.43 bits per heavy atom. The zero-order valence-corrected chi connectivity index (χ0v) is 13.6. The average Bonchev–Trinajstić information content (AvgIpc) is 2.54. The van der Waals surface area contributed by atoms with Crippen molar-refractivity contribution in [2.24, 2.45) is 0 Å². The lowest BCUT2D eigenvalue weighted by Gasteiger charge is -2.40. The molecule has 1 aliphatic heterocycles. The maximum Gasteiger partial charge on any atom is 0.358 e. The quantitative estimate of drug-likeness (QED) is 0.663. The molecule has 1 aliphatic rings. The number of thiocarbonyl (C=S) groups is 1. The number of aliphatic hydroxyl groups excluding tert-OH is 3. The summed E-state index contributed by atoms with van der Waals surface area (Å²) in [5, 5.41) is 29.2. The second-order valence-corrected chi connectivity index (χ2v) is 5.52. The first kappa shape index (κ1) is 18.1. The molecule has 128 valence electrons. The summed E-state index contributed by atoms with van der Waals surface area (Å²) in [6, 6.07) is 7.13. The van der Waals surface area contributed by atoms with Crippen molar-refractivity contribution in [3.05, 3.63) is 29.8 Å². The average molecular weight is 344 g/mol. The van der Waals surface area contributed by atoms with E-state index in [9.17, 15) is 15.3 Å². The molecule has 3 N–H and O–H groups in total. The van der Waals surface area contributed by atoms with Gasteiger partial charge in [-0.05, 0) is 19.1 Å². The molecule has 0 radical (unpaired) electrons. The Kier molecular flexibility index (Phi) is 6.28. The van der Waals surface area contributed by atoms with E-state index in [0.717, 1.165) is 5.56 Å². The third-order valence-electron chi connectivity index (χ3n) is 3.51. The maximum atomic E-state index is 10.1. The smallest absolute Gasteiger partial charge is 0.358 e. The minimum atomic E-state index is -1.29. The Hall–Kier alpha value is -1.29. The first-order valence-corrected chi connectivity index (χ1v) is 7.47. The van der Waals surface area contributed by atoms with Gasteiger partial charge in [0, 0.05) is 19.3 Å². The van der Waals surface area contributed by atoms with Crippen LogP contribution >= 0.6 is 12.2 Å². The lowest BCUT2D eigenvalue weighted by molar-refractivity contribution is -0.292. The van der Waals surface area contributed by atoms with Crippen molar-refractivity contribution in [2.45, 2.75) is 37.6 Å². The number of aryl methyl sites for hydroxylation is 1. The number of methoxy groups -OCH3 is 1. The molecule has 1 aromatic rings.